The number of pyridine rings is 2. The number of aromatic nitrogens is 2. The Morgan fingerprint density at radius 2 is 1.28 bits per heavy atom. The number of allylic oxidation sites excluding steroid dienone is 1. The predicted molar refractivity (Wildman–Crippen MR) is 255 cm³/mol. The van der Waals surface area contributed by atoms with Crippen molar-refractivity contribution in [2.75, 3.05) is 13.1 Å². The molecule has 356 valence electrons. The molecule has 17 heteroatoms. The highest BCUT2D eigenvalue weighted by Crippen LogP contribution is 2.66. The fraction of sp³-hybridized carbons (Fsp3) is 0.500. The molecule has 3 fully saturated rings. The highest BCUT2D eigenvalue weighted by atomic mass is 32.2. The van der Waals surface area contributed by atoms with Crippen molar-refractivity contribution in [1.29, 1.82) is 0 Å². The Bertz CT molecular complexity index is 3300. The first-order valence-corrected chi connectivity index (χ1v) is 26.5. The molecule has 9 rings (SSSR count). The molecule has 0 radical (unpaired) electrons. The molecular weight excluding hydrogens is 897 g/mol. The smallest absolute Gasteiger partial charge is 0.294 e. The molecular formula is C50H58N4O11S2. The zero-order valence-electron chi connectivity index (χ0n) is 38.1. The molecule has 2 aromatic heterocycles. The third kappa shape index (κ3) is 8.22. The summed E-state index contributed by atoms with van der Waals surface area (Å²) in [5.41, 5.74) is 1.85. The molecule has 2 amide bonds. The lowest BCUT2D eigenvalue weighted by molar-refractivity contribution is -0.132. The first kappa shape index (κ1) is 46.9. The van der Waals surface area contributed by atoms with Crippen LogP contribution in [0.2, 0.25) is 0 Å². The molecule has 4 aliphatic carbocycles. The summed E-state index contributed by atoms with van der Waals surface area (Å²) >= 11 is 0. The second-order valence-electron chi connectivity index (χ2n) is 19.8. The Morgan fingerprint density at radius 3 is 1.91 bits per heavy atom. The van der Waals surface area contributed by atoms with Crippen LogP contribution < -0.4 is 21.5 Å². The van der Waals surface area contributed by atoms with Crippen LogP contribution in [-0.2, 0) is 47.7 Å². The number of rotatable bonds is 13. The predicted octanol–water partition coefficient (Wildman–Crippen LogP) is 7.08. The van der Waals surface area contributed by atoms with Crippen molar-refractivity contribution in [1.82, 2.24) is 19.8 Å². The van der Waals surface area contributed by atoms with Crippen molar-refractivity contribution in [3.05, 3.63) is 80.6 Å². The van der Waals surface area contributed by atoms with Crippen LogP contribution in [0.15, 0.2) is 79.6 Å². The number of unbranched alkanes of at least 4 members (excludes halogenated alkanes) is 2. The minimum atomic E-state index is -4.65. The van der Waals surface area contributed by atoms with E-state index in [4.69, 9.17) is 0 Å². The number of nitrogens with one attached hydrogen (secondary N) is 2. The van der Waals surface area contributed by atoms with Gasteiger partial charge in [0.1, 0.15) is 0 Å². The van der Waals surface area contributed by atoms with Gasteiger partial charge in [-0.3, -0.25) is 33.1 Å². The van der Waals surface area contributed by atoms with E-state index in [0.29, 0.717) is 91.7 Å². The molecule has 6 atom stereocenters. The van der Waals surface area contributed by atoms with Gasteiger partial charge in [-0.1, -0.05) is 25.8 Å². The van der Waals surface area contributed by atoms with Crippen LogP contribution in [0.3, 0.4) is 0 Å². The molecule has 5 aromatic rings. The van der Waals surface area contributed by atoms with E-state index in [-0.39, 0.29) is 62.3 Å². The standard InChI is InChI=1S/C50H58N4O11S2/c1-4-53-41-15-10-31(66(60,61)62)25-34(41)46(57)36-28-44-37(27-43(36)53)47(58)35-26-32(67(63,64)65)11-16-42(35)54(44)23-7-5-6-8-45(56)51-21-22-52-48(59)40-14-13-38-33-12-9-29-24-30(55)17-19-49(29,2)39(33)18-20-50(38,40)3/h10-11,15-16,24-28,33,38-40H,4-9,12-14,17-23H2,1-3H3,(H,51,56)(H,52,59)(H,60,61,62)(H,63,64,65)/t33-,38-,39-,40?,49-,50-/m0/s1. The molecule has 3 saturated carbocycles. The van der Waals surface area contributed by atoms with Crippen molar-refractivity contribution >= 4 is 81.4 Å². The molecule has 67 heavy (non-hydrogen) atoms. The Labute approximate surface area is 388 Å². The summed E-state index contributed by atoms with van der Waals surface area (Å²) in [6, 6.07) is 10.6. The highest BCUT2D eigenvalue weighted by Gasteiger charge is 2.60. The van der Waals surface area contributed by atoms with E-state index in [1.54, 1.807) is 21.3 Å². The zero-order chi connectivity index (χ0) is 47.8. The number of ketones is 1. The van der Waals surface area contributed by atoms with E-state index in [2.05, 4.69) is 24.5 Å². The van der Waals surface area contributed by atoms with Gasteiger partial charge >= 0.3 is 0 Å². The third-order valence-corrected chi connectivity index (χ3v) is 18.1. The molecule has 4 N–H and O–H groups in total. The van der Waals surface area contributed by atoms with Crippen LogP contribution in [0, 0.1) is 34.5 Å². The number of hydrogen-bond donors (Lipinski definition) is 4. The summed E-state index contributed by atoms with van der Waals surface area (Å²) in [7, 11) is -9.27. The summed E-state index contributed by atoms with van der Waals surface area (Å²) in [6.07, 6.45) is 11.5. The average Bonchev–Trinajstić information content (AvgIpc) is 3.65. The number of amides is 2. The summed E-state index contributed by atoms with van der Waals surface area (Å²) in [5.74, 6) is 1.72. The fourth-order valence-electron chi connectivity index (χ4n) is 13.0. The number of benzene rings is 3. The summed E-state index contributed by atoms with van der Waals surface area (Å²) in [5, 5.41) is 6.54. The molecule has 0 spiro atoms. The van der Waals surface area contributed by atoms with E-state index < -0.39 is 40.9 Å². The van der Waals surface area contributed by atoms with Crippen LogP contribution in [-0.4, -0.2) is 65.8 Å². The van der Waals surface area contributed by atoms with Gasteiger partial charge in [0, 0.05) is 66.5 Å². The third-order valence-electron chi connectivity index (χ3n) is 16.4. The number of fused-ring (bicyclic) bond motifs is 9. The second-order valence-corrected chi connectivity index (χ2v) is 22.7. The summed E-state index contributed by atoms with van der Waals surface area (Å²) in [6.45, 7) is 7.77. The second kappa shape index (κ2) is 17.4. The molecule has 2 heterocycles. The minimum Gasteiger partial charge on any atom is -0.354 e. The number of nitrogens with zero attached hydrogens (tertiary/aromatic N) is 2. The van der Waals surface area contributed by atoms with Gasteiger partial charge in [0.15, 0.2) is 16.6 Å². The van der Waals surface area contributed by atoms with Crippen molar-refractivity contribution in [3.63, 3.8) is 0 Å². The van der Waals surface area contributed by atoms with Gasteiger partial charge in [-0.05, 0) is 148 Å². The number of carbonyl (C=O) groups excluding carboxylic acids is 3. The largest absolute Gasteiger partial charge is 0.354 e. The molecule has 15 nitrogen and oxygen atoms in total. The van der Waals surface area contributed by atoms with Gasteiger partial charge in [-0.25, -0.2) is 0 Å². The zero-order valence-corrected chi connectivity index (χ0v) is 39.7. The molecule has 1 unspecified atom stereocenters. The van der Waals surface area contributed by atoms with E-state index in [0.717, 1.165) is 57.1 Å². The lowest BCUT2D eigenvalue weighted by atomic mass is 9.47. The average molecular weight is 955 g/mol. The van der Waals surface area contributed by atoms with Gasteiger partial charge in [-0.2, -0.15) is 16.8 Å². The van der Waals surface area contributed by atoms with Crippen molar-refractivity contribution < 1.29 is 40.3 Å². The fourth-order valence-corrected chi connectivity index (χ4v) is 14.0. The van der Waals surface area contributed by atoms with Crippen molar-refractivity contribution in [2.24, 2.45) is 34.5 Å². The first-order chi connectivity index (χ1) is 31.7. The van der Waals surface area contributed by atoms with Crippen LogP contribution >= 0.6 is 0 Å². The summed E-state index contributed by atoms with van der Waals surface area (Å²) < 4.78 is 71.4. The molecule has 3 aromatic carbocycles. The molecule has 0 aliphatic heterocycles. The first-order valence-electron chi connectivity index (χ1n) is 23.6. The van der Waals surface area contributed by atoms with Crippen molar-refractivity contribution in [3.8, 4) is 0 Å². The van der Waals surface area contributed by atoms with Gasteiger partial charge in [-0.15, -0.1) is 0 Å². The minimum absolute atomic E-state index is 0.0420. The topological polar surface area (TPSA) is 228 Å². The van der Waals surface area contributed by atoms with E-state index >= 15 is 0 Å². The Kier molecular flexibility index (Phi) is 12.2. The van der Waals surface area contributed by atoms with Gasteiger partial charge in [0.25, 0.3) is 20.2 Å². The van der Waals surface area contributed by atoms with Gasteiger partial charge in [0.2, 0.25) is 11.8 Å². The van der Waals surface area contributed by atoms with Crippen LogP contribution in [0.25, 0.3) is 43.6 Å². The number of carbonyl (C=O) groups is 3. The maximum atomic E-state index is 14.2. The number of aryl methyl sites for hydroxylation is 2. The molecule has 4 aliphatic rings. The van der Waals surface area contributed by atoms with Crippen LogP contribution in [0.1, 0.15) is 97.8 Å². The van der Waals surface area contributed by atoms with Gasteiger partial charge < -0.3 is 19.8 Å². The summed E-state index contributed by atoms with van der Waals surface area (Å²) in [4.78, 5) is 66.2. The van der Waals surface area contributed by atoms with Crippen LogP contribution in [0.5, 0.6) is 0 Å². The molecule has 0 saturated heterocycles. The Morgan fingerprint density at radius 1 is 0.687 bits per heavy atom. The van der Waals surface area contributed by atoms with E-state index in [1.807, 2.05) is 13.0 Å². The Balaban J connectivity index is 0.849. The SMILES string of the molecule is CCn1c2ccc(S(=O)(=O)O)cc2c(=O)c2cc3c(cc21)c(=O)c1cc(S(=O)(=O)O)ccc1n3CCCCCC(=O)NCCNC(=O)C1CC[C@H]2[C@@H]3CCC4=CC(=O)CC[C@]4(C)[C@H]3CC[C@]12C. The van der Waals surface area contributed by atoms with E-state index in [1.165, 1.54) is 29.8 Å². The monoisotopic (exact) mass is 954 g/mol. The number of hydrogen-bond acceptors (Lipinski definition) is 9. The Hall–Kier alpha value is -5.23. The lowest BCUT2D eigenvalue weighted by Gasteiger charge is -2.58. The van der Waals surface area contributed by atoms with E-state index in [9.17, 15) is 49.9 Å². The quantitative estimate of drug-likeness (QED) is 0.0530. The highest BCUT2D eigenvalue weighted by molar-refractivity contribution is 7.86. The van der Waals surface area contributed by atoms with Crippen LogP contribution in [0.4, 0.5) is 0 Å². The normalized spacial score (nSPS) is 25.2. The lowest BCUT2D eigenvalue weighted by Crippen LogP contribution is -2.52. The maximum absolute atomic E-state index is 14.2. The maximum Gasteiger partial charge on any atom is 0.294 e. The van der Waals surface area contributed by atoms with Gasteiger partial charge in [0.05, 0.1) is 31.9 Å². The molecule has 0 bridgehead atoms. The van der Waals surface area contributed by atoms with Crippen molar-refractivity contribution in [2.45, 2.75) is 121 Å².